The number of nitrogens with zero attached hydrogens (tertiary/aromatic N) is 3. The van der Waals surface area contributed by atoms with Gasteiger partial charge in [-0.2, -0.15) is 0 Å². The van der Waals surface area contributed by atoms with Crippen LogP contribution in [0.2, 0.25) is 5.28 Å². The molecule has 6 heteroatoms. The van der Waals surface area contributed by atoms with Crippen LogP contribution < -0.4 is 9.47 Å². The highest BCUT2D eigenvalue weighted by Gasteiger charge is 2.23. The molecule has 1 saturated heterocycles. The summed E-state index contributed by atoms with van der Waals surface area (Å²) in [5, 5.41) is 1.35. The molecule has 0 N–H and O–H groups in total. The van der Waals surface area contributed by atoms with Gasteiger partial charge in [0, 0.05) is 23.9 Å². The topological polar surface area (TPSA) is 47.5 Å². The summed E-state index contributed by atoms with van der Waals surface area (Å²) in [6.45, 7) is 4.21. The van der Waals surface area contributed by atoms with Gasteiger partial charge in [0.25, 0.3) is 0 Å². The molecule has 0 atom stereocenters. The normalized spacial score (nSPS) is 18.4. The number of fused-ring (bicyclic) bond motifs is 1. The lowest BCUT2D eigenvalue weighted by Gasteiger charge is -2.17. The van der Waals surface area contributed by atoms with Gasteiger partial charge in [-0.15, -0.1) is 0 Å². The lowest BCUT2D eigenvalue weighted by molar-refractivity contribution is 0.254. The van der Waals surface area contributed by atoms with Crippen LogP contribution in [-0.2, 0) is 0 Å². The fraction of sp³-hybridized carbons (Fsp3) is 0.619. The van der Waals surface area contributed by atoms with Gasteiger partial charge >= 0.3 is 0 Å². The molecule has 1 aromatic carbocycles. The number of aromatic nitrogens is 2. The third kappa shape index (κ3) is 4.30. The van der Waals surface area contributed by atoms with Gasteiger partial charge in [0.1, 0.15) is 0 Å². The van der Waals surface area contributed by atoms with Crippen LogP contribution in [0, 0.1) is 0 Å². The fourth-order valence-corrected chi connectivity index (χ4v) is 4.57. The standard InChI is InChI=1S/C21H28ClN3O2/c1-26-18-13-16-17(23-21(22)24-20(16)15-7-2-3-8-15)14-19(18)27-12-6-11-25-9-4-5-10-25/h13-15H,2-12H2,1H3. The molecule has 2 aliphatic rings. The van der Waals surface area contributed by atoms with Crippen molar-refractivity contribution >= 4 is 22.5 Å². The summed E-state index contributed by atoms with van der Waals surface area (Å²) in [5.74, 6) is 1.94. The number of benzene rings is 1. The quantitative estimate of drug-likeness (QED) is 0.502. The molecule has 4 rings (SSSR count). The Morgan fingerprint density at radius 1 is 1.07 bits per heavy atom. The molecule has 2 heterocycles. The fourth-order valence-electron chi connectivity index (χ4n) is 4.39. The molecule has 2 aromatic rings. The van der Waals surface area contributed by atoms with Gasteiger partial charge in [-0.25, -0.2) is 9.97 Å². The molecular formula is C21H28ClN3O2. The zero-order valence-electron chi connectivity index (χ0n) is 16.0. The van der Waals surface area contributed by atoms with Crippen molar-refractivity contribution in [1.29, 1.82) is 0 Å². The Labute approximate surface area is 166 Å². The molecule has 27 heavy (non-hydrogen) atoms. The number of hydrogen-bond donors (Lipinski definition) is 0. The van der Waals surface area contributed by atoms with E-state index in [0.29, 0.717) is 17.8 Å². The van der Waals surface area contributed by atoms with Crippen LogP contribution in [0.5, 0.6) is 11.5 Å². The van der Waals surface area contributed by atoms with E-state index in [-0.39, 0.29) is 0 Å². The first-order chi connectivity index (χ1) is 13.2. The van der Waals surface area contributed by atoms with Gasteiger partial charge < -0.3 is 14.4 Å². The minimum Gasteiger partial charge on any atom is -0.493 e. The lowest BCUT2D eigenvalue weighted by atomic mass is 9.99. The monoisotopic (exact) mass is 389 g/mol. The van der Waals surface area contributed by atoms with Crippen molar-refractivity contribution in [2.45, 2.75) is 50.9 Å². The van der Waals surface area contributed by atoms with E-state index in [4.69, 9.17) is 21.1 Å². The first kappa shape index (κ1) is 18.8. The van der Waals surface area contributed by atoms with E-state index in [9.17, 15) is 0 Å². The maximum absolute atomic E-state index is 6.23. The van der Waals surface area contributed by atoms with Crippen LogP contribution in [0.25, 0.3) is 10.9 Å². The third-order valence-electron chi connectivity index (χ3n) is 5.80. The summed E-state index contributed by atoms with van der Waals surface area (Å²) in [7, 11) is 1.68. The van der Waals surface area contributed by atoms with Crippen molar-refractivity contribution in [2.75, 3.05) is 33.4 Å². The van der Waals surface area contributed by atoms with E-state index in [1.165, 1.54) is 51.6 Å². The smallest absolute Gasteiger partial charge is 0.223 e. The minimum absolute atomic E-state index is 0.314. The Morgan fingerprint density at radius 3 is 2.59 bits per heavy atom. The zero-order chi connectivity index (χ0) is 18.6. The number of ether oxygens (including phenoxy) is 2. The molecule has 146 valence electrons. The van der Waals surface area contributed by atoms with Crippen molar-refractivity contribution in [3.8, 4) is 11.5 Å². The molecule has 0 bridgehead atoms. The van der Waals surface area contributed by atoms with E-state index >= 15 is 0 Å². The maximum Gasteiger partial charge on any atom is 0.223 e. The Balaban J connectivity index is 1.53. The predicted octanol–water partition coefficient (Wildman–Crippen LogP) is 4.81. The predicted molar refractivity (Wildman–Crippen MR) is 108 cm³/mol. The van der Waals surface area contributed by atoms with E-state index in [2.05, 4.69) is 14.9 Å². The molecule has 1 aliphatic carbocycles. The SMILES string of the molecule is COc1cc2c(C3CCCC3)nc(Cl)nc2cc1OCCCN1CCCC1. The van der Waals surface area contributed by atoms with Gasteiger partial charge in [-0.1, -0.05) is 12.8 Å². The lowest BCUT2D eigenvalue weighted by Crippen LogP contribution is -2.21. The highest BCUT2D eigenvalue weighted by atomic mass is 35.5. The van der Waals surface area contributed by atoms with Gasteiger partial charge in [0.15, 0.2) is 11.5 Å². The Kier molecular flexibility index (Phi) is 5.98. The summed E-state index contributed by atoms with van der Waals surface area (Å²) in [6, 6.07) is 3.98. The van der Waals surface area contributed by atoms with Gasteiger partial charge in [-0.3, -0.25) is 0 Å². The Hall–Kier alpha value is -1.59. The van der Waals surface area contributed by atoms with Crippen LogP contribution >= 0.6 is 11.6 Å². The summed E-state index contributed by atoms with van der Waals surface area (Å²) in [4.78, 5) is 11.5. The highest BCUT2D eigenvalue weighted by molar-refractivity contribution is 6.28. The summed E-state index contributed by atoms with van der Waals surface area (Å²) in [5.41, 5.74) is 1.90. The van der Waals surface area contributed by atoms with Crippen molar-refractivity contribution in [1.82, 2.24) is 14.9 Å². The number of methoxy groups -OCH3 is 1. The molecule has 5 nitrogen and oxygen atoms in total. The second-order valence-electron chi connectivity index (χ2n) is 7.63. The summed E-state index contributed by atoms with van der Waals surface area (Å²) in [6.07, 6.45) is 8.50. The zero-order valence-corrected chi connectivity index (χ0v) is 16.8. The average Bonchev–Trinajstić information content (AvgIpc) is 3.37. The number of halogens is 1. The van der Waals surface area contributed by atoms with E-state index in [0.717, 1.165) is 41.1 Å². The molecule has 1 aliphatic heterocycles. The Bertz CT molecular complexity index is 787. The van der Waals surface area contributed by atoms with E-state index < -0.39 is 0 Å². The van der Waals surface area contributed by atoms with Gasteiger partial charge in [0.05, 0.1) is 24.9 Å². The van der Waals surface area contributed by atoms with Crippen LogP contribution in [0.3, 0.4) is 0 Å². The summed E-state index contributed by atoms with van der Waals surface area (Å²) >= 11 is 6.23. The highest BCUT2D eigenvalue weighted by Crippen LogP contribution is 2.40. The van der Waals surface area contributed by atoms with Crippen LogP contribution in [0.1, 0.15) is 56.6 Å². The maximum atomic E-state index is 6.23. The van der Waals surface area contributed by atoms with E-state index in [1.807, 2.05) is 12.1 Å². The molecular weight excluding hydrogens is 362 g/mol. The van der Waals surface area contributed by atoms with Crippen molar-refractivity contribution in [3.63, 3.8) is 0 Å². The molecule has 1 saturated carbocycles. The first-order valence-corrected chi connectivity index (χ1v) is 10.5. The number of rotatable bonds is 7. The first-order valence-electron chi connectivity index (χ1n) is 10.1. The molecule has 0 spiro atoms. The molecule has 0 amide bonds. The van der Waals surface area contributed by atoms with Gasteiger partial charge in [-0.05, 0) is 62.9 Å². The van der Waals surface area contributed by atoms with Crippen LogP contribution in [0.4, 0.5) is 0 Å². The van der Waals surface area contributed by atoms with Crippen LogP contribution in [0.15, 0.2) is 12.1 Å². The molecule has 2 fully saturated rings. The Morgan fingerprint density at radius 2 is 1.85 bits per heavy atom. The summed E-state index contributed by atoms with van der Waals surface area (Å²) < 4.78 is 11.7. The van der Waals surface area contributed by atoms with Crippen molar-refractivity contribution < 1.29 is 9.47 Å². The van der Waals surface area contributed by atoms with Crippen LogP contribution in [-0.4, -0.2) is 48.2 Å². The molecule has 1 aromatic heterocycles. The van der Waals surface area contributed by atoms with E-state index in [1.54, 1.807) is 7.11 Å². The second kappa shape index (κ2) is 8.61. The minimum atomic E-state index is 0.314. The van der Waals surface area contributed by atoms with Crippen molar-refractivity contribution in [3.05, 3.63) is 23.1 Å². The second-order valence-corrected chi connectivity index (χ2v) is 7.97. The number of likely N-dealkylation sites (tertiary alicyclic amines) is 1. The number of hydrogen-bond acceptors (Lipinski definition) is 5. The molecule has 0 radical (unpaired) electrons. The van der Waals surface area contributed by atoms with Crippen molar-refractivity contribution in [2.24, 2.45) is 0 Å². The molecule has 0 unspecified atom stereocenters. The van der Waals surface area contributed by atoms with Gasteiger partial charge in [0.2, 0.25) is 5.28 Å². The average molecular weight is 390 g/mol. The largest absolute Gasteiger partial charge is 0.493 e. The third-order valence-corrected chi connectivity index (χ3v) is 5.97.